The number of carbonyl (C=O) groups excluding carboxylic acids is 1. The van der Waals surface area contributed by atoms with Gasteiger partial charge in [0.15, 0.2) is 0 Å². The lowest BCUT2D eigenvalue weighted by Gasteiger charge is -2.32. The number of imidazole rings is 1. The standard InChI is InChI=1S/C18H19N5O2/c19-16-13(4-3-9-20-16)17(24)22-10-7-12(8-11-22)23-15-6-2-1-5-14(15)21-18(23)25/h1-6,9,12H,7-8,10-11H2,(H2,19,20)(H,21,25). The summed E-state index contributed by atoms with van der Waals surface area (Å²) in [5.74, 6) is 0.151. The Morgan fingerprint density at radius 3 is 2.68 bits per heavy atom. The molecular formula is C18H19N5O2. The Morgan fingerprint density at radius 1 is 1.16 bits per heavy atom. The number of nitrogens with one attached hydrogen (secondary N) is 1. The number of aromatic amines is 1. The molecule has 4 rings (SSSR count). The van der Waals surface area contributed by atoms with E-state index >= 15 is 0 Å². The molecule has 1 aromatic carbocycles. The van der Waals surface area contributed by atoms with Crippen molar-refractivity contribution in [3.63, 3.8) is 0 Å². The molecule has 7 heteroatoms. The molecule has 25 heavy (non-hydrogen) atoms. The zero-order chi connectivity index (χ0) is 17.4. The third kappa shape index (κ3) is 2.67. The number of rotatable bonds is 2. The highest BCUT2D eigenvalue weighted by atomic mass is 16.2. The van der Waals surface area contributed by atoms with Gasteiger partial charge in [0.05, 0.1) is 16.6 Å². The summed E-state index contributed by atoms with van der Waals surface area (Å²) in [5, 5.41) is 0. The number of nitrogens with two attached hydrogens (primary N) is 1. The number of para-hydroxylation sites is 2. The van der Waals surface area contributed by atoms with Crippen molar-refractivity contribution in [3.8, 4) is 0 Å². The summed E-state index contributed by atoms with van der Waals surface area (Å²) in [6, 6.07) is 11.2. The Hall–Kier alpha value is -3.09. The average molecular weight is 337 g/mol. The summed E-state index contributed by atoms with van der Waals surface area (Å²) in [6.07, 6.45) is 3.03. The smallest absolute Gasteiger partial charge is 0.326 e. The van der Waals surface area contributed by atoms with Crippen LogP contribution >= 0.6 is 0 Å². The molecule has 1 fully saturated rings. The predicted octanol–water partition coefficient (Wildman–Crippen LogP) is 1.78. The normalized spacial score (nSPS) is 15.6. The van der Waals surface area contributed by atoms with Crippen molar-refractivity contribution < 1.29 is 4.79 Å². The van der Waals surface area contributed by atoms with Crippen LogP contribution in [-0.4, -0.2) is 38.4 Å². The van der Waals surface area contributed by atoms with Gasteiger partial charge in [-0.2, -0.15) is 0 Å². The van der Waals surface area contributed by atoms with E-state index in [1.165, 1.54) is 0 Å². The third-order valence-corrected chi connectivity index (χ3v) is 4.81. The molecule has 1 saturated heterocycles. The number of pyridine rings is 1. The van der Waals surface area contributed by atoms with E-state index < -0.39 is 0 Å². The van der Waals surface area contributed by atoms with E-state index in [-0.39, 0.29) is 23.5 Å². The molecule has 3 aromatic rings. The van der Waals surface area contributed by atoms with Crippen molar-refractivity contribution >= 4 is 22.8 Å². The van der Waals surface area contributed by atoms with Gasteiger partial charge in [-0.05, 0) is 37.1 Å². The highest BCUT2D eigenvalue weighted by Gasteiger charge is 2.27. The maximum atomic E-state index is 12.6. The summed E-state index contributed by atoms with van der Waals surface area (Å²) in [6.45, 7) is 1.17. The van der Waals surface area contributed by atoms with Crippen LogP contribution in [0.3, 0.4) is 0 Å². The first-order valence-electron chi connectivity index (χ1n) is 8.34. The molecule has 1 amide bonds. The molecule has 7 nitrogen and oxygen atoms in total. The van der Waals surface area contributed by atoms with Gasteiger partial charge in [0, 0.05) is 25.3 Å². The monoisotopic (exact) mass is 337 g/mol. The number of benzene rings is 1. The molecule has 0 aliphatic carbocycles. The summed E-state index contributed by atoms with van der Waals surface area (Å²) >= 11 is 0. The van der Waals surface area contributed by atoms with Crippen LogP contribution in [0.1, 0.15) is 29.2 Å². The van der Waals surface area contributed by atoms with E-state index in [0.29, 0.717) is 18.7 Å². The van der Waals surface area contributed by atoms with Crippen LogP contribution < -0.4 is 11.4 Å². The van der Waals surface area contributed by atoms with Gasteiger partial charge < -0.3 is 15.6 Å². The van der Waals surface area contributed by atoms with Gasteiger partial charge >= 0.3 is 5.69 Å². The lowest BCUT2D eigenvalue weighted by Crippen LogP contribution is -2.40. The molecule has 0 bridgehead atoms. The van der Waals surface area contributed by atoms with Crippen molar-refractivity contribution in [1.29, 1.82) is 0 Å². The van der Waals surface area contributed by atoms with Crippen LogP contribution in [0, 0.1) is 0 Å². The zero-order valence-corrected chi connectivity index (χ0v) is 13.7. The molecule has 1 aliphatic heterocycles. The first kappa shape index (κ1) is 15.4. The van der Waals surface area contributed by atoms with Gasteiger partial charge in [-0.3, -0.25) is 9.36 Å². The molecule has 128 valence electrons. The Balaban J connectivity index is 1.54. The van der Waals surface area contributed by atoms with Crippen LogP contribution in [0.4, 0.5) is 5.82 Å². The van der Waals surface area contributed by atoms with Crippen LogP contribution in [0.25, 0.3) is 11.0 Å². The molecule has 2 aromatic heterocycles. The minimum absolute atomic E-state index is 0.0824. The number of carbonyl (C=O) groups is 1. The lowest BCUT2D eigenvalue weighted by molar-refractivity contribution is 0.0696. The molecule has 3 N–H and O–H groups in total. The van der Waals surface area contributed by atoms with Crippen molar-refractivity contribution in [2.75, 3.05) is 18.8 Å². The number of amides is 1. The zero-order valence-electron chi connectivity index (χ0n) is 13.7. The maximum Gasteiger partial charge on any atom is 0.326 e. The minimum Gasteiger partial charge on any atom is -0.383 e. The largest absolute Gasteiger partial charge is 0.383 e. The predicted molar refractivity (Wildman–Crippen MR) is 95.4 cm³/mol. The number of piperidine rings is 1. The van der Waals surface area contributed by atoms with Gasteiger partial charge in [-0.25, -0.2) is 9.78 Å². The summed E-state index contributed by atoms with van der Waals surface area (Å²) in [7, 11) is 0. The maximum absolute atomic E-state index is 12.6. The number of hydrogen-bond donors (Lipinski definition) is 2. The average Bonchev–Trinajstić information content (AvgIpc) is 2.97. The first-order valence-corrected chi connectivity index (χ1v) is 8.34. The Bertz CT molecular complexity index is 982. The molecule has 1 aliphatic rings. The summed E-state index contributed by atoms with van der Waals surface area (Å²) in [4.78, 5) is 33.6. The van der Waals surface area contributed by atoms with Crippen molar-refractivity contribution in [1.82, 2.24) is 19.4 Å². The molecular weight excluding hydrogens is 318 g/mol. The molecule has 0 saturated carbocycles. The molecule has 0 spiro atoms. The van der Waals surface area contributed by atoms with Crippen molar-refractivity contribution in [3.05, 3.63) is 58.6 Å². The topological polar surface area (TPSA) is 97.0 Å². The second-order valence-corrected chi connectivity index (χ2v) is 6.28. The molecule has 0 unspecified atom stereocenters. The molecule has 3 heterocycles. The first-order chi connectivity index (χ1) is 12.1. The minimum atomic E-state index is -0.102. The van der Waals surface area contributed by atoms with E-state index in [4.69, 9.17) is 5.73 Å². The van der Waals surface area contributed by atoms with Gasteiger partial charge in [-0.15, -0.1) is 0 Å². The fourth-order valence-corrected chi connectivity index (χ4v) is 3.53. The number of hydrogen-bond acceptors (Lipinski definition) is 4. The van der Waals surface area contributed by atoms with Gasteiger partial charge in [0.25, 0.3) is 5.91 Å². The SMILES string of the molecule is Nc1ncccc1C(=O)N1CCC(n2c(=O)[nH]c3ccccc32)CC1. The van der Waals surface area contributed by atoms with Crippen LogP contribution in [0.2, 0.25) is 0 Å². The van der Waals surface area contributed by atoms with Gasteiger partial charge in [0.1, 0.15) is 5.82 Å². The van der Waals surface area contributed by atoms with Crippen LogP contribution in [-0.2, 0) is 0 Å². The van der Waals surface area contributed by atoms with E-state index in [2.05, 4.69) is 9.97 Å². The molecule has 0 atom stereocenters. The third-order valence-electron chi connectivity index (χ3n) is 4.81. The van der Waals surface area contributed by atoms with Crippen molar-refractivity contribution in [2.24, 2.45) is 0 Å². The summed E-state index contributed by atoms with van der Waals surface area (Å²) < 4.78 is 1.82. The Morgan fingerprint density at radius 2 is 1.92 bits per heavy atom. The highest BCUT2D eigenvalue weighted by Crippen LogP contribution is 2.26. The summed E-state index contributed by atoms with van der Waals surface area (Å²) in [5.41, 5.74) is 7.90. The number of H-pyrrole nitrogens is 1. The number of aromatic nitrogens is 3. The van der Waals surface area contributed by atoms with Crippen LogP contribution in [0.15, 0.2) is 47.4 Å². The number of fused-ring (bicyclic) bond motifs is 1. The van der Waals surface area contributed by atoms with Crippen LogP contribution in [0.5, 0.6) is 0 Å². The molecule has 0 radical (unpaired) electrons. The Labute approximate surface area is 144 Å². The van der Waals surface area contributed by atoms with Gasteiger partial charge in [0.2, 0.25) is 0 Å². The lowest BCUT2D eigenvalue weighted by atomic mass is 10.0. The fraction of sp³-hybridized carbons (Fsp3) is 0.278. The highest BCUT2D eigenvalue weighted by molar-refractivity contribution is 5.98. The quantitative estimate of drug-likeness (QED) is 0.745. The number of nitrogens with zero attached hydrogens (tertiary/aromatic N) is 3. The number of nitrogen functional groups attached to an aromatic ring is 1. The van der Waals surface area contributed by atoms with E-state index in [1.807, 2.05) is 28.8 Å². The Kier molecular flexibility index (Phi) is 3.76. The van der Waals surface area contributed by atoms with E-state index in [9.17, 15) is 9.59 Å². The van der Waals surface area contributed by atoms with Gasteiger partial charge in [-0.1, -0.05) is 12.1 Å². The number of anilines is 1. The van der Waals surface area contributed by atoms with Crippen molar-refractivity contribution in [2.45, 2.75) is 18.9 Å². The second kappa shape index (κ2) is 6.08. The second-order valence-electron chi connectivity index (χ2n) is 6.28. The van der Waals surface area contributed by atoms with E-state index in [1.54, 1.807) is 23.2 Å². The fourth-order valence-electron chi connectivity index (χ4n) is 3.53. The van der Waals surface area contributed by atoms with E-state index in [0.717, 1.165) is 23.9 Å². The number of likely N-dealkylation sites (tertiary alicyclic amines) is 1.